The van der Waals surface area contributed by atoms with Gasteiger partial charge in [0, 0.05) is 22.9 Å². The summed E-state index contributed by atoms with van der Waals surface area (Å²) in [4.78, 5) is 15.6. The quantitative estimate of drug-likeness (QED) is 0.615. The lowest BCUT2D eigenvalue weighted by atomic mass is 9.66. The van der Waals surface area contributed by atoms with E-state index >= 15 is 0 Å². The lowest BCUT2D eigenvalue weighted by Gasteiger charge is -2.32. The van der Waals surface area contributed by atoms with Gasteiger partial charge in [-0.25, -0.2) is 0 Å². The molecule has 1 aromatic carbocycles. The van der Waals surface area contributed by atoms with Crippen LogP contribution >= 0.6 is 0 Å². The van der Waals surface area contributed by atoms with Gasteiger partial charge in [0.25, 0.3) is 0 Å². The van der Waals surface area contributed by atoms with Crippen molar-refractivity contribution in [2.75, 3.05) is 13.7 Å². The first-order valence-electron chi connectivity index (χ1n) is 9.35. The molecule has 0 aliphatic carbocycles. The number of aromatic amines is 1. The van der Waals surface area contributed by atoms with Gasteiger partial charge < -0.3 is 23.8 Å². The number of fused-ring (bicyclic) bond motifs is 1. The molecule has 1 fully saturated rings. The average Bonchev–Trinajstić information content (AvgIpc) is 3.10. The van der Waals surface area contributed by atoms with Crippen LogP contribution in [0.1, 0.15) is 52.4 Å². The second kappa shape index (κ2) is 7.21. The van der Waals surface area contributed by atoms with E-state index in [-0.39, 0.29) is 18.2 Å². The first kappa shape index (κ1) is 19.8. The molecular formula is C20H28BNO5. The van der Waals surface area contributed by atoms with E-state index < -0.39 is 18.3 Å². The molecule has 1 N–H and O–H groups in total. The Bertz CT molecular complexity index is 813. The molecule has 0 bridgehead atoms. The highest BCUT2D eigenvalue weighted by atomic mass is 16.7. The Balaban J connectivity index is 2.02. The lowest BCUT2D eigenvalue weighted by molar-refractivity contribution is -0.143. The van der Waals surface area contributed by atoms with Gasteiger partial charge in [-0.1, -0.05) is 0 Å². The van der Waals surface area contributed by atoms with E-state index in [0.717, 1.165) is 22.2 Å². The Morgan fingerprint density at radius 1 is 1.22 bits per heavy atom. The molecule has 1 atom stereocenters. The first-order chi connectivity index (χ1) is 12.7. The van der Waals surface area contributed by atoms with Crippen LogP contribution in [0.25, 0.3) is 10.9 Å². The van der Waals surface area contributed by atoms with Gasteiger partial charge in [0.1, 0.15) is 5.75 Å². The second-order valence-electron chi connectivity index (χ2n) is 7.90. The number of nitrogens with one attached hydrogen (secondary N) is 1. The van der Waals surface area contributed by atoms with E-state index in [2.05, 4.69) is 4.98 Å². The highest BCUT2D eigenvalue weighted by Crippen LogP contribution is 2.43. The van der Waals surface area contributed by atoms with E-state index in [0.29, 0.717) is 6.61 Å². The largest absolute Gasteiger partial charge is 0.497 e. The van der Waals surface area contributed by atoms with Crippen LogP contribution < -0.4 is 4.74 Å². The number of methoxy groups -OCH3 is 1. The molecule has 1 aromatic heterocycles. The minimum atomic E-state index is -0.551. The van der Waals surface area contributed by atoms with Crippen molar-refractivity contribution in [1.82, 2.24) is 4.98 Å². The third kappa shape index (κ3) is 3.71. The van der Waals surface area contributed by atoms with E-state index in [1.807, 2.05) is 52.1 Å². The molecular weight excluding hydrogens is 345 g/mol. The topological polar surface area (TPSA) is 69.8 Å². The fraction of sp³-hybridized carbons (Fsp3) is 0.550. The van der Waals surface area contributed by atoms with E-state index in [1.165, 1.54) is 0 Å². The Morgan fingerprint density at radius 3 is 2.48 bits per heavy atom. The number of carbonyl (C=O) groups excluding carboxylic acids is 1. The second-order valence-corrected chi connectivity index (χ2v) is 7.90. The van der Waals surface area contributed by atoms with Gasteiger partial charge in [-0.05, 0) is 58.4 Å². The molecule has 7 heteroatoms. The summed E-state index contributed by atoms with van der Waals surface area (Å²) >= 11 is 0. The van der Waals surface area contributed by atoms with E-state index in [4.69, 9.17) is 18.8 Å². The molecule has 1 aliphatic heterocycles. The van der Waals surface area contributed by atoms with Gasteiger partial charge in [0.15, 0.2) is 0 Å². The molecule has 27 heavy (non-hydrogen) atoms. The molecule has 146 valence electrons. The third-order valence-electron chi connectivity index (χ3n) is 5.61. The maximum atomic E-state index is 12.3. The lowest BCUT2D eigenvalue weighted by Crippen LogP contribution is -2.41. The van der Waals surface area contributed by atoms with Gasteiger partial charge in [0.2, 0.25) is 0 Å². The fourth-order valence-corrected chi connectivity index (χ4v) is 3.36. The molecule has 0 amide bonds. The number of aromatic nitrogens is 1. The number of benzene rings is 1. The highest BCUT2D eigenvalue weighted by molar-refractivity contribution is 6.48. The number of hydrogen-bond donors (Lipinski definition) is 1. The first-order valence-corrected chi connectivity index (χ1v) is 9.35. The van der Waals surface area contributed by atoms with Crippen LogP contribution in [0.3, 0.4) is 0 Å². The smallest absolute Gasteiger partial charge is 0.466 e. The number of ether oxygens (including phenoxy) is 2. The van der Waals surface area contributed by atoms with Crippen molar-refractivity contribution in [3.63, 3.8) is 0 Å². The number of carbonyl (C=O) groups is 1. The van der Waals surface area contributed by atoms with Crippen molar-refractivity contribution in [3.8, 4) is 5.75 Å². The molecule has 0 spiro atoms. The Hall–Kier alpha value is -1.99. The highest BCUT2D eigenvalue weighted by Gasteiger charge is 2.54. The zero-order chi connectivity index (χ0) is 19.8. The summed E-state index contributed by atoms with van der Waals surface area (Å²) in [7, 11) is 1.09. The number of rotatable bonds is 6. The van der Waals surface area contributed by atoms with Crippen molar-refractivity contribution in [2.45, 2.75) is 58.1 Å². The maximum absolute atomic E-state index is 12.3. The predicted molar refractivity (Wildman–Crippen MR) is 105 cm³/mol. The fourth-order valence-electron chi connectivity index (χ4n) is 3.36. The van der Waals surface area contributed by atoms with Gasteiger partial charge in [-0.2, -0.15) is 0 Å². The van der Waals surface area contributed by atoms with Crippen LogP contribution in [0.2, 0.25) is 0 Å². The van der Waals surface area contributed by atoms with Gasteiger partial charge in [-0.3, -0.25) is 4.79 Å². The molecule has 6 nitrogen and oxygen atoms in total. The van der Waals surface area contributed by atoms with Crippen molar-refractivity contribution in [1.29, 1.82) is 0 Å². The Morgan fingerprint density at radius 2 is 1.89 bits per heavy atom. The predicted octanol–water partition coefficient (Wildman–Crippen LogP) is 3.84. The van der Waals surface area contributed by atoms with Crippen molar-refractivity contribution in [3.05, 3.63) is 30.0 Å². The van der Waals surface area contributed by atoms with Crippen molar-refractivity contribution >= 4 is 24.0 Å². The SMILES string of the molecule is CCOC(=O)CC(B1OC(C)(C)C(C)(C)O1)c1c[nH]c2ccc(OC)cc12. The van der Waals surface area contributed by atoms with Crippen molar-refractivity contribution in [2.24, 2.45) is 0 Å². The van der Waals surface area contributed by atoms with Crippen LogP contribution in [0, 0.1) is 0 Å². The summed E-state index contributed by atoms with van der Waals surface area (Å²) in [5.41, 5.74) is 0.967. The number of hydrogen-bond acceptors (Lipinski definition) is 5. The van der Waals surface area contributed by atoms with Crippen LogP contribution in [-0.2, 0) is 18.8 Å². The monoisotopic (exact) mass is 373 g/mol. The zero-order valence-corrected chi connectivity index (χ0v) is 16.9. The van der Waals surface area contributed by atoms with Gasteiger partial charge in [0.05, 0.1) is 31.3 Å². The summed E-state index contributed by atoms with van der Waals surface area (Å²) in [6, 6.07) is 5.83. The Kier molecular flexibility index (Phi) is 5.28. The minimum absolute atomic E-state index is 0.175. The number of esters is 1. The third-order valence-corrected chi connectivity index (χ3v) is 5.61. The standard InChI is InChI=1S/C20H28BNO5/c1-7-25-18(23)11-16(21-26-19(2,3)20(4,5)27-21)15-12-22-17-9-8-13(24-6)10-14(15)17/h8-10,12,16,22H,7,11H2,1-6H3. The molecule has 2 aromatic rings. The molecule has 1 aliphatic rings. The van der Waals surface area contributed by atoms with E-state index in [1.54, 1.807) is 14.0 Å². The van der Waals surface area contributed by atoms with Crippen LogP contribution in [-0.4, -0.2) is 43.0 Å². The molecule has 0 radical (unpaired) electrons. The summed E-state index contributed by atoms with van der Waals surface area (Å²) in [5, 5.41) is 0.985. The van der Waals surface area contributed by atoms with Gasteiger partial charge in [-0.15, -0.1) is 0 Å². The summed E-state index contributed by atoms with van der Waals surface area (Å²) in [6.07, 6.45) is 2.09. The molecule has 1 saturated heterocycles. The average molecular weight is 373 g/mol. The zero-order valence-electron chi connectivity index (χ0n) is 16.9. The summed E-state index contributed by atoms with van der Waals surface area (Å²) in [6.45, 7) is 10.2. The van der Waals surface area contributed by atoms with Gasteiger partial charge >= 0.3 is 13.1 Å². The molecule has 0 saturated carbocycles. The van der Waals surface area contributed by atoms with Crippen molar-refractivity contribution < 1.29 is 23.6 Å². The molecule has 1 unspecified atom stereocenters. The molecule has 2 heterocycles. The van der Waals surface area contributed by atoms with Crippen LogP contribution in [0.4, 0.5) is 0 Å². The summed E-state index contributed by atoms with van der Waals surface area (Å²) < 4.78 is 23.1. The summed E-state index contributed by atoms with van der Waals surface area (Å²) in [5.74, 6) is 0.188. The van der Waals surface area contributed by atoms with Crippen LogP contribution in [0.5, 0.6) is 5.75 Å². The Labute approximate surface area is 160 Å². The number of H-pyrrole nitrogens is 1. The van der Waals surface area contributed by atoms with E-state index in [9.17, 15) is 4.79 Å². The maximum Gasteiger partial charge on any atom is 0.466 e. The normalized spacial score (nSPS) is 19.3. The van der Waals surface area contributed by atoms with Crippen LogP contribution in [0.15, 0.2) is 24.4 Å². The molecule has 3 rings (SSSR count). The minimum Gasteiger partial charge on any atom is -0.497 e.